The predicted octanol–water partition coefficient (Wildman–Crippen LogP) is 2.94. The quantitative estimate of drug-likeness (QED) is 0.839. The Hall–Kier alpha value is -0.420. The zero-order valence-corrected chi connectivity index (χ0v) is 14.1. The number of nitrogens with zero attached hydrogens (tertiary/aromatic N) is 2. The Balaban J connectivity index is 2.13. The van der Waals surface area contributed by atoms with Crippen LogP contribution < -0.4 is 5.73 Å². The molecule has 114 valence electrons. The van der Waals surface area contributed by atoms with E-state index in [9.17, 15) is 0 Å². The smallest absolute Gasteiger partial charge is 0.0591 e. The molecule has 20 heavy (non-hydrogen) atoms. The molecule has 1 aromatic rings. The summed E-state index contributed by atoms with van der Waals surface area (Å²) in [4.78, 5) is 6.30. The van der Waals surface area contributed by atoms with Crippen molar-refractivity contribution in [1.29, 1.82) is 0 Å². The van der Waals surface area contributed by atoms with Crippen molar-refractivity contribution < 1.29 is 0 Å². The number of rotatable bonds is 7. The van der Waals surface area contributed by atoms with Gasteiger partial charge in [0, 0.05) is 23.0 Å². The largest absolute Gasteiger partial charge is 0.326 e. The summed E-state index contributed by atoms with van der Waals surface area (Å²) in [5.41, 5.74) is 6.77. The van der Waals surface area contributed by atoms with Crippen LogP contribution in [0, 0.1) is 0 Å². The number of likely N-dealkylation sites (N-methyl/N-ethyl adjacent to an activating group) is 2. The summed E-state index contributed by atoms with van der Waals surface area (Å²) in [5.74, 6) is 0. The van der Waals surface area contributed by atoms with Crippen LogP contribution >= 0.6 is 11.3 Å². The monoisotopic (exact) mass is 295 g/mol. The van der Waals surface area contributed by atoms with Crippen molar-refractivity contribution in [3.8, 4) is 0 Å². The lowest BCUT2D eigenvalue weighted by molar-refractivity contribution is 0.0126. The second kappa shape index (κ2) is 6.56. The minimum atomic E-state index is 0.206. The Labute approximate surface area is 127 Å². The SMILES string of the molecule is CCC(N)C(c1cccs1)N(C)CC1(N(C)C)CCC1. The molecule has 4 heteroatoms. The first-order valence-electron chi connectivity index (χ1n) is 7.67. The topological polar surface area (TPSA) is 32.5 Å². The molecule has 0 spiro atoms. The Morgan fingerprint density at radius 2 is 2.05 bits per heavy atom. The minimum absolute atomic E-state index is 0.206. The molecule has 1 saturated carbocycles. The summed E-state index contributed by atoms with van der Waals surface area (Å²) >= 11 is 1.83. The summed E-state index contributed by atoms with van der Waals surface area (Å²) in [7, 11) is 6.67. The van der Waals surface area contributed by atoms with E-state index in [1.54, 1.807) is 0 Å². The van der Waals surface area contributed by atoms with Gasteiger partial charge in [0.15, 0.2) is 0 Å². The molecule has 1 aliphatic carbocycles. The average Bonchev–Trinajstić information content (AvgIpc) is 2.87. The zero-order chi connectivity index (χ0) is 14.8. The van der Waals surface area contributed by atoms with Crippen molar-refractivity contribution in [3.63, 3.8) is 0 Å². The Morgan fingerprint density at radius 3 is 2.45 bits per heavy atom. The summed E-state index contributed by atoms with van der Waals surface area (Å²) in [5, 5.41) is 2.16. The Bertz CT molecular complexity index is 398. The van der Waals surface area contributed by atoms with E-state index in [0.717, 1.165) is 13.0 Å². The molecule has 0 bridgehead atoms. The molecular weight excluding hydrogens is 266 g/mol. The van der Waals surface area contributed by atoms with Crippen LogP contribution in [-0.2, 0) is 0 Å². The first kappa shape index (κ1) is 16.0. The molecule has 2 unspecified atom stereocenters. The first-order chi connectivity index (χ1) is 9.50. The van der Waals surface area contributed by atoms with Crippen molar-refractivity contribution >= 4 is 11.3 Å². The fourth-order valence-corrected chi connectivity index (χ4v) is 4.30. The lowest BCUT2D eigenvalue weighted by atomic mass is 9.75. The van der Waals surface area contributed by atoms with Crippen molar-refractivity contribution in [1.82, 2.24) is 9.80 Å². The summed E-state index contributed by atoms with van der Waals surface area (Å²) in [6, 6.07) is 4.91. The van der Waals surface area contributed by atoms with Gasteiger partial charge in [0.2, 0.25) is 0 Å². The molecular formula is C16H29N3S. The third kappa shape index (κ3) is 3.08. The molecule has 2 atom stereocenters. The van der Waals surface area contributed by atoms with Gasteiger partial charge in [0.05, 0.1) is 6.04 Å². The molecule has 1 heterocycles. The highest BCUT2D eigenvalue weighted by molar-refractivity contribution is 7.10. The Morgan fingerprint density at radius 1 is 1.35 bits per heavy atom. The summed E-state index contributed by atoms with van der Waals surface area (Å²) < 4.78 is 0. The lowest BCUT2D eigenvalue weighted by Crippen LogP contribution is -2.58. The first-order valence-corrected chi connectivity index (χ1v) is 8.55. The van der Waals surface area contributed by atoms with E-state index in [4.69, 9.17) is 5.73 Å². The zero-order valence-electron chi connectivity index (χ0n) is 13.3. The number of hydrogen-bond acceptors (Lipinski definition) is 4. The van der Waals surface area contributed by atoms with Crippen LogP contribution in [0.3, 0.4) is 0 Å². The summed E-state index contributed by atoms with van der Waals surface area (Å²) in [6.07, 6.45) is 4.99. The molecule has 1 aliphatic rings. The van der Waals surface area contributed by atoms with Crippen LogP contribution in [0.1, 0.15) is 43.5 Å². The number of thiophene rings is 1. The molecule has 2 rings (SSSR count). The fraction of sp³-hybridized carbons (Fsp3) is 0.750. The van der Waals surface area contributed by atoms with Crippen molar-refractivity contribution in [2.45, 2.75) is 50.2 Å². The van der Waals surface area contributed by atoms with Gasteiger partial charge >= 0.3 is 0 Å². The third-order valence-electron chi connectivity index (χ3n) is 4.96. The van der Waals surface area contributed by atoms with Gasteiger partial charge in [-0.2, -0.15) is 0 Å². The van der Waals surface area contributed by atoms with Crippen LogP contribution in [0.25, 0.3) is 0 Å². The van der Waals surface area contributed by atoms with Gasteiger partial charge in [-0.05, 0) is 58.3 Å². The second-order valence-corrected chi connectivity index (χ2v) is 7.40. The molecule has 0 saturated heterocycles. The van der Waals surface area contributed by atoms with Crippen molar-refractivity contribution in [2.24, 2.45) is 5.73 Å². The fourth-order valence-electron chi connectivity index (χ4n) is 3.33. The molecule has 0 aliphatic heterocycles. The van der Waals surface area contributed by atoms with E-state index in [1.807, 2.05) is 11.3 Å². The molecule has 0 aromatic carbocycles. The maximum Gasteiger partial charge on any atom is 0.0591 e. The number of hydrogen-bond donors (Lipinski definition) is 1. The maximum atomic E-state index is 6.42. The molecule has 2 N–H and O–H groups in total. The van der Waals surface area contributed by atoms with Crippen molar-refractivity contribution in [2.75, 3.05) is 27.7 Å². The predicted molar refractivity (Wildman–Crippen MR) is 88.2 cm³/mol. The Kier molecular flexibility index (Phi) is 5.24. The summed E-state index contributed by atoms with van der Waals surface area (Å²) in [6.45, 7) is 3.29. The maximum absolute atomic E-state index is 6.42. The van der Waals surface area contributed by atoms with E-state index in [2.05, 4.69) is 55.4 Å². The minimum Gasteiger partial charge on any atom is -0.326 e. The molecule has 3 nitrogen and oxygen atoms in total. The van der Waals surface area contributed by atoms with E-state index >= 15 is 0 Å². The van der Waals surface area contributed by atoms with Gasteiger partial charge in [-0.25, -0.2) is 0 Å². The highest BCUT2D eigenvalue weighted by Gasteiger charge is 2.41. The standard InChI is InChI=1S/C16H29N3S/c1-5-13(17)15(14-8-6-11-20-14)19(4)12-16(18(2)3)9-7-10-16/h6,8,11,13,15H,5,7,9-10,12,17H2,1-4H3. The van der Waals surface area contributed by atoms with Gasteiger partial charge in [-0.3, -0.25) is 4.90 Å². The van der Waals surface area contributed by atoms with Crippen LogP contribution in [-0.4, -0.2) is 49.1 Å². The third-order valence-corrected chi connectivity index (χ3v) is 5.91. The molecule has 0 amide bonds. The van der Waals surface area contributed by atoms with Crippen LogP contribution in [0.4, 0.5) is 0 Å². The van der Waals surface area contributed by atoms with Crippen molar-refractivity contribution in [3.05, 3.63) is 22.4 Å². The average molecular weight is 295 g/mol. The molecule has 0 radical (unpaired) electrons. The number of nitrogens with two attached hydrogens (primary N) is 1. The van der Waals surface area contributed by atoms with Gasteiger partial charge < -0.3 is 10.6 Å². The molecule has 1 fully saturated rings. The van der Waals surface area contributed by atoms with E-state index < -0.39 is 0 Å². The van der Waals surface area contributed by atoms with E-state index in [-0.39, 0.29) is 6.04 Å². The highest BCUT2D eigenvalue weighted by atomic mass is 32.1. The van der Waals surface area contributed by atoms with Gasteiger partial charge in [-0.15, -0.1) is 11.3 Å². The molecule has 1 aromatic heterocycles. The second-order valence-electron chi connectivity index (χ2n) is 6.42. The van der Waals surface area contributed by atoms with Crippen LogP contribution in [0.15, 0.2) is 17.5 Å². The normalized spacial score (nSPS) is 20.9. The van der Waals surface area contributed by atoms with Crippen LogP contribution in [0.5, 0.6) is 0 Å². The van der Waals surface area contributed by atoms with E-state index in [1.165, 1.54) is 24.1 Å². The van der Waals surface area contributed by atoms with Gasteiger partial charge in [0.1, 0.15) is 0 Å². The van der Waals surface area contributed by atoms with Gasteiger partial charge in [-0.1, -0.05) is 13.0 Å². The highest BCUT2D eigenvalue weighted by Crippen LogP contribution is 2.39. The lowest BCUT2D eigenvalue weighted by Gasteiger charge is -2.50. The van der Waals surface area contributed by atoms with Crippen LogP contribution in [0.2, 0.25) is 0 Å². The van der Waals surface area contributed by atoms with Gasteiger partial charge in [0.25, 0.3) is 0 Å². The van der Waals surface area contributed by atoms with E-state index in [0.29, 0.717) is 11.6 Å².